The topological polar surface area (TPSA) is 66.6 Å². The van der Waals surface area contributed by atoms with Crippen molar-refractivity contribution in [1.82, 2.24) is 9.88 Å². The van der Waals surface area contributed by atoms with Crippen molar-refractivity contribution in [3.8, 4) is 27.6 Å². The van der Waals surface area contributed by atoms with Gasteiger partial charge in [0.2, 0.25) is 0 Å². The lowest BCUT2D eigenvalue weighted by molar-refractivity contribution is 0.126. The summed E-state index contributed by atoms with van der Waals surface area (Å²) in [5, 5.41) is 14.2. The number of benzene rings is 2. The highest BCUT2D eigenvalue weighted by Crippen LogP contribution is 2.53. The van der Waals surface area contributed by atoms with Crippen LogP contribution in [0.3, 0.4) is 0 Å². The van der Waals surface area contributed by atoms with E-state index in [2.05, 4.69) is 41.6 Å². The van der Waals surface area contributed by atoms with Crippen molar-refractivity contribution in [1.29, 1.82) is 0 Å². The number of fused-ring (bicyclic) bond motifs is 3. The highest BCUT2D eigenvalue weighted by molar-refractivity contribution is 9.10. The lowest BCUT2D eigenvalue weighted by atomic mass is 9.65. The number of phenolic OH excluding ortho intramolecular Hbond substituents is 1. The Balaban J connectivity index is 1.35. The summed E-state index contributed by atoms with van der Waals surface area (Å²) in [5.74, 6) is 0.177. The number of rotatable bonds is 4. The van der Waals surface area contributed by atoms with E-state index in [1.165, 1.54) is 24.2 Å². The minimum absolute atomic E-state index is 0.177. The van der Waals surface area contributed by atoms with Crippen LogP contribution in [0, 0.1) is 10.8 Å². The van der Waals surface area contributed by atoms with Crippen LogP contribution in [0.1, 0.15) is 45.6 Å². The van der Waals surface area contributed by atoms with Crippen LogP contribution in [0.2, 0.25) is 0 Å². The van der Waals surface area contributed by atoms with E-state index < -0.39 is 5.63 Å². The van der Waals surface area contributed by atoms with Gasteiger partial charge in [-0.15, -0.1) is 11.3 Å². The molecule has 0 amide bonds. The molecule has 1 aliphatic heterocycles. The lowest BCUT2D eigenvalue weighted by Crippen LogP contribution is -2.34. The first-order chi connectivity index (χ1) is 17.1. The van der Waals surface area contributed by atoms with Gasteiger partial charge in [-0.3, -0.25) is 4.90 Å². The highest BCUT2D eigenvalue weighted by Gasteiger charge is 2.49. The molecule has 1 saturated carbocycles. The fourth-order valence-electron chi connectivity index (χ4n) is 6.65. The van der Waals surface area contributed by atoms with E-state index in [1.54, 1.807) is 6.07 Å². The number of hydrogen-bond donors (Lipinski definition) is 1. The minimum Gasteiger partial charge on any atom is -0.507 e. The Morgan fingerprint density at radius 2 is 1.94 bits per heavy atom. The maximum Gasteiger partial charge on any atom is 0.346 e. The molecule has 1 N–H and O–H groups in total. The Morgan fingerprint density at radius 1 is 1.17 bits per heavy atom. The first-order valence-electron chi connectivity index (χ1n) is 12.3. The van der Waals surface area contributed by atoms with Crippen molar-refractivity contribution >= 4 is 38.2 Å². The number of halogens is 1. The summed E-state index contributed by atoms with van der Waals surface area (Å²) < 4.78 is 6.90. The molecule has 5 nitrogen and oxygen atoms in total. The highest BCUT2D eigenvalue weighted by atomic mass is 79.9. The van der Waals surface area contributed by atoms with E-state index in [0.29, 0.717) is 39.7 Å². The van der Waals surface area contributed by atoms with Crippen LogP contribution >= 0.6 is 27.3 Å². The van der Waals surface area contributed by atoms with E-state index >= 15 is 0 Å². The molecule has 2 fully saturated rings. The van der Waals surface area contributed by atoms with Crippen molar-refractivity contribution in [3.05, 3.63) is 68.3 Å². The van der Waals surface area contributed by atoms with Gasteiger partial charge >= 0.3 is 5.63 Å². The number of phenols is 1. The number of hydrogen-bond acceptors (Lipinski definition) is 6. The second-order valence-electron chi connectivity index (χ2n) is 11.6. The third-order valence-corrected chi connectivity index (χ3v) is 9.14. The maximum atomic E-state index is 13.1. The zero-order chi connectivity index (χ0) is 25.2. The Hall–Kier alpha value is -2.48. The molecular formula is C29H29BrN2O3S. The summed E-state index contributed by atoms with van der Waals surface area (Å²) in [7, 11) is 0. The molecular weight excluding hydrogens is 536 g/mol. The average Bonchev–Trinajstić information content (AvgIpc) is 3.37. The van der Waals surface area contributed by atoms with Gasteiger partial charge in [0, 0.05) is 39.9 Å². The molecule has 1 aliphatic carbocycles. The van der Waals surface area contributed by atoms with Crippen molar-refractivity contribution in [3.63, 3.8) is 0 Å². The Morgan fingerprint density at radius 3 is 2.72 bits per heavy atom. The summed E-state index contributed by atoms with van der Waals surface area (Å²) in [5.41, 5.74) is 3.60. The molecule has 1 saturated heterocycles. The molecule has 2 aliphatic rings. The molecule has 2 bridgehead atoms. The fourth-order valence-corrected chi connectivity index (χ4v) is 7.75. The average molecular weight is 566 g/mol. The molecule has 0 spiro atoms. The smallest absolute Gasteiger partial charge is 0.346 e. The van der Waals surface area contributed by atoms with Crippen molar-refractivity contribution in [2.24, 2.45) is 10.8 Å². The lowest BCUT2D eigenvalue weighted by Gasteiger charge is -2.40. The van der Waals surface area contributed by atoms with E-state index in [0.717, 1.165) is 34.1 Å². The molecule has 0 radical (unpaired) electrons. The van der Waals surface area contributed by atoms with E-state index in [9.17, 15) is 9.90 Å². The quantitative estimate of drug-likeness (QED) is 0.260. The third-order valence-electron chi connectivity index (χ3n) is 7.74. The molecule has 3 heterocycles. The minimum atomic E-state index is -0.431. The third kappa shape index (κ3) is 4.31. The van der Waals surface area contributed by atoms with Gasteiger partial charge in [-0.25, -0.2) is 9.78 Å². The maximum absolute atomic E-state index is 13.1. The summed E-state index contributed by atoms with van der Waals surface area (Å²) in [6.45, 7) is 8.67. The summed E-state index contributed by atoms with van der Waals surface area (Å²) in [6, 6.07) is 13.8. The Kier molecular flexibility index (Phi) is 5.67. The molecule has 36 heavy (non-hydrogen) atoms. The van der Waals surface area contributed by atoms with E-state index in [1.807, 2.05) is 41.8 Å². The first kappa shape index (κ1) is 23.9. The van der Waals surface area contributed by atoms with Crippen LogP contribution in [0.15, 0.2) is 61.5 Å². The second-order valence-corrected chi connectivity index (χ2v) is 13.4. The second kappa shape index (κ2) is 8.54. The van der Waals surface area contributed by atoms with E-state index in [-0.39, 0.29) is 11.2 Å². The van der Waals surface area contributed by atoms with Gasteiger partial charge < -0.3 is 9.52 Å². The predicted octanol–water partition coefficient (Wildman–Crippen LogP) is 7.45. The summed E-state index contributed by atoms with van der Waals surface area (Å²) in [6.07, 6.45) is 3.54. The normalized spacial score (nSPS) is 23.4. The number of likely N-dealkylation sites (tertiary alicyclic amines) is 1. The standard InChI is InChI=1S/C29H29BrN2O3S/c1-28(2)11-20-12-29(3,15-28)16-32(20)13-22-24(33)9-6-18-10-21(27(34)35-25(18)22)26-31-23(14-36-26)17-4-7-19(30)8-5-17/h4-10,14,20,33H,11-13,15-16H2,1-3H3/t20-,29+/m1/s1. The van der Waals surface area contributed by atoms with Crippen LogP contribution in [0.4, 0.5) is 0 Å². The van der Waals surface area contributed by atoms with Gasteiger partial charge in [-0.05, 0) is 60.4 Å². The SMILES string of the molecule is CC1(C)C[C@@H]2C[C@](C)(CN2Cc2c(O)ccc3cc(-c4nc(-c5ccc(Br)cc5)cs4)c(=O)oc23)C1. The van der Waals surface area contributed by atoms with Crippen LogP contribution in [0.5, 0.6) is 5.75 Å². The number of thiazole rings is 1. The van der Waals surface area contributed by atoms with E-state index in [4.69, 9.17) is 9.40 Å². The van der Waals surface area contributed by atoms with Crippen molar-refractivity contribution in [2.75, 3.05) is 6.54 Å². The summed E-state index contributed by atoms with van der Waals surface area (Å²) in [4.78, 5) is 20.3. The van der Waals surface area contributed by atoms with Crippen LogP contribution in [-0.2, 0) is 6.54 Å². The molecule has 7 heteroatoms. The fraction of sp³-hybridized carbons (Fsp3) is 0.379. The number of aromatic hydroxyl groups is 1. The molecule has 4 aromatic rings. The van der Waals surface area contributed by atoms with Gasteiger partial charge in [0.05, 0.1) is 16.8 Å². The molecule has 2 aromatic heterocycles. The van der Waals surface area contributed by atoms with Crippen molar-refractivity contribution < 1.29 is 9.52 Å². The van der Waals surface area contributed by atoms with Crippen LogP contribution < -0.4 is 5.63 Å². The van der Waals surface area contributed by atoms with Crippen molar-refractivity contribution in [2.45, 2.75) is 52.6 Å². The molecule has 6 rings (SSSR count). The Bertz CT molecular complexity index is 1520. The zero-order valence-electron chi connectivity index (χ0n) is 20.7. The monoisotopic (exact) mass is 564 g/mol. The van der Waals surface area contributed by atoms with Crippen LogP contribution in [-0.4, -0.2) is 27.6 Å². The number of nitrogens with zero attached hydrogens (tertiary/aromatic N) is 2. The summed E-state index contributed by atoms with van der Waals surface area (Å²) >= 11 is 4.89. The zero-order valence-corrected chi connectivity index (χ0v) is 23.1. The Labute approximate surface area is 222 Å². The number of aromatic nitrogens is 1. The molecule has 2 atom stereocenters. The predicted molar refractivity (Wildman–Crippen MR) is 148 cm³/mol. The van der Waals surface area contributed by atoms with Gasteiger partial charge in [-0.1, -0.05) is 48.8 Å². The van der Waals surface area contributed by atoms with Crippen LogP contribution in [0.25, 0.3) is 32.8 Å². The van der Waals surface area contributed by atoms with Gasteiger partial charge in [-0.2, -0.15) is 0 Å². The van der Waals surface area contributed by atoms with Gasteiger partial charge in [0.15, 0.2) is 0 Å². The molecule has 2 aromatic carbocycles. The molecule has 186 valence electrons. The van der Waals surface area contributed by atoms with Gasteiger partial charge in [0.25, 0.3) is 0 Å². The van der Waals surface area contributed by atoms with Gasteiger partial charge in [0.1, 0.15) is 16.3 Å². The first-order valence-corrected chi connectivity index (χ1v) is 14.0. The molecule has 0 unspecified atom stereocenters. The largest absolute Gasteiger partial charge is 0.507 e.